The first-order valence-electron chi connectivity index (χ1n) is 10.2. The Kier molecular flexibility index (Phi) is 7.30. The number of halogens is 1. The molecule has 1 atom stereocenters. The van der Waals surface area contributed by atoms with Gasteiger partial charge in [0.05, 0.1) is 24.3 Å². The van der Waals surface area contributed by atoms with E-state index in [9.17, 15) is 14.7 Å². The van der Waals surface area contributed by atoms with Gasteiger partial charge >= 0.3 is 0 Å². The summed E-state index contributed by atoms with van der Waals surface area (Å²) in [5.41, 5.74) is 0.961. The SMILES string of the molecule is CCN(CC)CCN1C(=O)C(=O)/C(=C(/O)c2cc(Cl)ccc2OC)C1c1ccncc1. The predicted molar refractivity (Wildman–Crippen MR) is 119 cm³/mol. The lowest BCUT2D eigenvalue weighted by atomic mass is 9.95. The number of methoxy groups -OCH3 is 1. The number of Topliss-reactive ketones (excluding diaryl/α,β-unsaturated/α-hetero) is 1. The van der Waals surface area contributed by atoms with Gasteiger partial charge in [-0.05, 0) is 49.0 Å². The van der Waals surface area contributed by atoms with Gasteiger partial charge in [0.2, 0.25) is 0 Å². The second-order valence-corrected chi connectivity index (χ2v) is 7.58. The maximum absolute atomic E-state index is 13.1. The summed E-state index contributed by atoms with van der Waals surface area (Å²) in [4.78, 5) is 33.8. The number of benzene rings is 1. The highest BCUT2D eigenvalue weighted by atomic mass is 35.5. The molecule has 7 nitrogen and oxygen atoms in total. The number of hydrogen-bond donors (Lipinski definition) is 1. The summed E-state index contributed by atoms with van der Waals surface area (Å²) in [6.07, 6.45) is 3.19. The van der Waals surface area contributed by atoms with Gasteiger partial charge in [-0.25, -0.2) is 0 Å². The first kappa shape index (κ1) is 22.8. The minimum absolute atomic E-state index is 0.0105. The largest absolute Gasteiger partial charge is 0.507 e. The zero-order chi connectivity index (χ0) is 22.5. The number of nitrogens with zero attached hydrogens (tertiary/aromatic N) is 3. The molecule has 8 heteroatoms. The van der Waals surface area contributed by atoms with Crippen molar-refractivity contribution in [2.45, 2.75) is 19.9 Å². The number of ether oxygens (including phenoxy) is 1. The summed E-state index contributed by atoms with van der Waals surface area (Å²) in [6, 6.07) is 7.49. The molecule has 1 saturated heterocycles. The number of aliphatic hydroxyl groups is 1. The number of likely N-dealkylation sites (N-methyl/N-ethyl adjacent to an activating group) is 1. The Morgan fingerprint density at radius 1 is 1.19 bits per heavy atom. The van der Waals surface area contributed by atoms with Crippen molar-refractivity contribution in [3.8, 4) is 5.75 Å². The van der Waals surface area contributed by atoms with E-state index < -0.39 is 17.7 Å². The number of ketones is 1. The van der Waals surface area contributed by atoms with E-state index in [1.54, 1.807) is 36.7 Å². The number of rotatable bonds is 8. The van der Waals surface area contributed by atoms with Crippen molar-refractivity contribution in [1.29, 1.82) is 0 Å². The molecule has 1 aliphatic rings. The van der Waals surface area contributed by atoms with Crippen LogP contribution in [0.3, 0.4) is 0 Å². The van der Waals surface area contributed by atoms with Crippen LogP contribution in [0, 0.1) is 0 Å². The van der Waals surface area contributed by atoms with Crippen molar-refractivity contribution in [2.75, 3.05) is 33.3 Å². The van der Waals surface area contributed by atoms with Gasteiger partial charge in [0.25, 0.3) is 11.7 Å². The van der Waals surface area contributed by atoms with Crippen molar-refractivity contribution in [3.63, 3.8) is 0 Å². The van der Waals surface area contributed by atoms with Gasteiger partial charge in [-0.3, -0.25) is 14.6 Å². The van der Waals surface area contributed by atoms with Gasteiger partial charge in [-0.2, -0.15) is 0 Å². The third-order valence-electron chi connectivity index (χ3n) is 5.53. The molecule has 1 aromatic heterocycles. The summed E-state index contributed by atoms with van der Waals surface area (Å²) in [7, 11) is 1.46. The lowest BCUT2D eigenvalue weighted by Gasteiger charge is -2.28. The van der Waals surface area contributed by atoms with E-state index in [2.05, 4.69) is 9.88 Å². The fraction of sp³-hybridized carbons (Fsp3) is 0.348. The average Bonchev–Trinajstić information content (AvgIpc) is 3.04. The van der Waals surface area contributed by atoms with Crippen molar-refractivity contribution in [1.82, 2.24) is 14.8 Å². The van der Waals surface area contributed by atoms with Crippen LogP contribution in [-0.2, 0) is 9.59 Å². The van der Waals surface area contributed by atoms with Crippen molar-refractivity contribution >= 4 is 29.1 Å². The standard InChI is InChI=1S/C23H26ClN3O4/c1-4-26(5-2)12-13-27-20(15-8-10-25-11-9-15)19(22(29)23(27)30)21(28)17-14-16(24)6-7-18(17)31-3/h6-11,14,20,28H,4-5,12-13H2,1-3H3/b21-19+. The zero-order valence-electron chi connectivity index (χ0n) is 17.8. The third-order valence-corrected chi connectivity index (χ3v) is 5.77. The van der Waals surface area contributed by atoms with Crippen molar-refractivity contribution < 1.29 is 19.4 Å². The second-order valence-electron chi connectivity index (χ2n) is 7.14. The molecule has 0 saturated carbocycles. The van der Waals surface area contributed by atoms with Crippen LogP contribution in [0.5, 0.6) is 5.75 Å². The summed E-state index contributed by atoms with van der Waals surface area (Å²) in [5, 5.41) is 11.6. The molecule has 2 aromatic rings. The molecule has 2 heterocycles. The molecule has 31 heavy (non-hydrogen) atoms. The minimum atomic E-state index is -0.735. The summed E-state index contributed by atoms with van der Waals surface area (Å²) in [5.74, 6) is -1.34. The molecular formula is C23H26ClN3O4. The second kappa shape index (κ2) is 9.94. The highest BCUT2D eigenvalue weighted by Gasteiger charge is 2.46. The number of amides is 1. The lowest BCUT2D eigenvalue weighted by molar-refractivity contribution is -0.140. The molecule has 1 aromatic carbocycles. The minimum Gasteiger partial charge on any atom is -0.507 e. The molecule has 0 bridgehead atoms. The van der Waals surface area contributed by atoms with E-state index in [0.717, 1.165) is 13.1 Å². The van der Waals surface area contributed by atoms with E-state index in [0.29, 0.717) is 29.4 Å². The molecule has 164 valence electrons. The quantitative estimate of drug-likeness (QED) is 0.382. The number of likely N-dealkylation sites (tertiary alicyclic amines) is 1. The van der Waals surface area contributed by atoms with E-state index in [4.69, 9.17) is 16.3 Å². The summed E-state index contributed by atoms with van der Waals surface area (Å²) >= 11 is 6.12. The fourth-order valence-electron chi connectivity index (χ4n) is 3.80. The number of carbonyl (C=O) groups excluding carboxylic acids is 2. The van der Waals surface area contributed by atoms with Gasteiger partial charge in [0.15, 0.2) is 0 Å². The van der Waals surface area contributed by atoms with Crippen molar-refractivity contribution in [3.05, 3.63) is 64.4 Å². The Morgan fingerprint density at radius 2 is 1.87 bits per heavy atom. The fourth-order valence-corrected chi connectivity index (χ4v) is 3.97. The van der Waals surface area contributed by atoms with E-state index in [1.165, 1.54) is 18.1 Å². The zero-order valence-corrected chi connectivity index (χ0v) is 18.6. The van der Waals surface area contributed by atoms with E-state index in [-0.39, 0.29) is 16.9 Å². The summed E-state index contributed by atoms with van der Waals surface area (Å²) in [6.45, 7) is 6.72. The Morgan fingerprint density at radius 3 is 2.48 bits per heavy atom. The number of aromatic nitrogens is 1. The third kappa shape index (κ3) is 4.57. The van der Waals surface area contributed by atoms with Crippen LogP contribution in [0.2, 0.25) is 5.02 Å². The van der Waals surface area contributed by atoms with Gasteiger partial charge in [0.1, 0.15) is 11.5 Å². The average molecular weight is 444 g/mol. The maximum Gasteiger partial charge on any atom is 0.295 e. The highest BCUT2D eigenvalue weighted by molar-refractivity contribution is 6.46. The monoisotopic (exact) mass is 443 g/mol. The molecule has 1 amide bonds. The van der Waals surface area contributed by atoms with Crippen LogP contribution in [0.15, 0.2) is 48.3 Å². The maximum atomic E-state index is 13.1. The number of pyridine rings is 1. The summed E-state index contributed by atoms with van der Waals surface area (Å²) < 4.78 is 5.34. The molecule has 1 fully saturated rings. The molecular weight excluding hydrogens is 418 g/mol. The van der Waals surface area contributed by atoms with Crippen molar-refractivity contribution in [2.24, 2.45) is 0 Å². The normalized spacial score (nSPS) is 18.1. The van der Waals surface area contributed by atoms with E-state index >= 15 is 0 Å². The Balaban J connectivity index is 2.14. The van der Waals surface area contributed by atoms with Crippen LogP contribution in [0.25, 0.3) is 5.76 Å². The van der Waals surface area contributed by atoms with Gasteiger partial charge in [-0.15, -0.1) is 0 Å². The molecule has 1 aliphatic heterocycles. The molecule has 0 spiro atoms. The first-order valence-corrected chi connectivity index (χ1v) is 10.5. The molecule has 1 unspecified atom stereocenters. The Bertz CT molecular complexity index is 990. The molecule has 0 aliphatic carbocycles. The Labute approximate surface area is 186 Å². The van der Waals surface area contributed by atoms with Gasteiger partial charge < -0.3 is 19.6 Å². The van der Waals surface area contributed by atoms with E-state index in [1.807, 2.05) is 13.8 Å². The topological polar surface area (TPSA) is 83.0 Å². The lowest BCUT2D eigenvalue weighted by Crippen LogP contribution is -2.38. The number of carbonyl (C=O) groups is 2. The van der Waals surface area contributed by atoms with Crippen LogP contribution >= 0.6 is 11.6 Å². The van der Waals surface area contributed by atoms with Gasteiger partial charge in [-0.1, -0.05) is 25.4 Å². The van der Waals surface area contributed by atoms with Gasteiger partial charge in [0, 0.05) is 30.5 Å². The molecule has 3 rings (SSSR count). The first-order chi connectivity index (χ1) is 14.9. The highest BCUT2D eigenvalue weighted by Crippen LogP contribution is 2.41. The predicted octanol–water partition coefficient (Wildman–Crippen LogP) is 3.51. The van der Waals surface area contributed by atoms with Crippen LogP contribution in [-0.4, -0.2) is 64.9 Å². The molecule has 1 N–H and O–H groups in total. The van der Waals surface area contributed by atoms with Crippen LogP contribution < -0.4 is 4.74 Å². The smallest absolute Gasteiger partial charge is 0.295 e. The molecule has 0 radical (unpaired) electrons. The number of aliphatic hydroxyl groups excluding tert-OH is 1. The number of hydrogen-bond acceptors (Lipinski definition) is 6. The van der Waals surface area contributed by atoms with Crippen LogP contribution in [0.1, 0.15) is 31.0 Å². The Hall–Kier alpha value is -2.90. The van der Waals surface area contributed by atoms with Crippen LogP contribution in [0.4, 0.5) is 0 Å².